The molecule has 2 atom stereocenters. The zero-order chi connectivity index (χ0) is 21.1. The Hall–Kier alpha value is -3.23. The summed E-state index contributed by atoms with van der Waals surface area (Å²) in [5.41, 5.74) is 2.89. The number of nitrogens with zero attached hydrogens (tertiary/aromatic N) is 3. The second-order valence-electron chi connectivity index (χ2n) is 6.97. The first-order valence-corrected chi connectivity index (χ1v) is 9.99. The van der Waals surface area contributed by atoms with Crippen molar-refractivity contribution in [1.29, 1.82) is 0 Å². The van der Waals surface area contributed by atoms with Gasteiger partial charge in [0.15, 0.2) is 5.11 Å². The molecule has 3 heterocycles. The van der Waals surface area contributed by atoms with E-state index >= 15 is 0 Å². The number of methoxy groups -OCH3 is 1. The van der Waals surface area contributed by atoms with Gasteiger partial charge in [0, 0.05) is 37.4 Å². The number of carbonyl (C=O) groups is 1. The molecular formula is C22H22N4O3S. The lowest BCUT2D eigenvalue weighted by atomic mass is 10.0. The van der Waals surface area contributed by atoms with Crippen molar-refractivity contribution >= 4 is 23.3 Å². The Labute approximate surface area is 179 Å². The molecule has 0 unspecified atom stereocenters. The number of aromatic carboxylic acids is 1. The standard InChI is InChI=1S/C22H22N4O3S/c1-29-13-12-26-20(19(24-22(26)30)17-8-2-3-10-23-17)18-9-5-11-25(18)16-7-4-6-15(14-16)21(27)28/h2-11,14,19-20H,12-13H2,1H3,(H,24,30)(H,27,28)/t19-,20+/m0/s1. The van der Waals surface area contributed by atoms with Gasteiger partial charge in [0.05, 0.1) is 29.9 Å². The second-order valence-corrected chi connectivity index (χ2v) is 7.36. The highest BCUT2D eigenvalue weighted by molar-refractivity contribution is 7.80. The Morgan fingerprint density at radius 2 is 2.10 bits per heavy atom. The predicted octanol–water partition coefficient (Wildman–Crippen LogP) is 3.19. The van der Waals surface area contributed by atoms with Crippen LogP contribution in [0.5, 0.6) is 0 Å². The molecule has 1 aromatic carbocycles. The van der Waals surface area contributed by atoms with Gasteiger partial charge in [-0.15, -0.1) is 0 Å². The van der Waals surface area contributed by atoms with Gasteiger partial charge in [-0.3, -0.25) is 4.98 Å². The first kappa shape index (κ1) is 20.1. The zero-order valence-corrected chi connectivity index (χ0v) is 17.2. The van der Waals surface area contributed by atoms with Crippen molar-refractivity contribution in [3.05, 3.63) is 83.9 Å². The highest BCUT2D eigenvalue weighted by Gasteiger charge is 2.41. The van der Waals surface area contributed by atoms with Gasteiger partial charge in [0.2, 0.25) is 0 Å². The van der Waals surface area contributed by atoms with Crippen molar-refractivity contribution in [3.63, 3.8) is 0 Å². The molecule has 1 fully saturated rings. The number of pyridine rings is 1. The van der Waals surface area contributed by atoms with Crippen LogP contribution in [-0.2, 0) is 4.74 Å². The van der Waals surface area contributed by atoms with Crippen LogP contribution in [0.4, 0.5) is 0 Å². The van der Waals surface area contributed by atoms with Crippen LogP contribution in [-0.4, -0.2) is 50.9 Å². The van der Waals surface area contributed by atoms with Crippen molar-refractivity contribution in [2.24, 2.45) is 0 Å². The van der Waals surface area contributed by atoms with Crippen LogP contribution in [0, 0.1) is 0 Å². The number of benzene rings is 1. The minimum absolute atomic E-state index is 0.133. The van der Waals surface area contributed by atoms with Crippen molar-refractivity contribution in [1.82, 2.24) is 19.8 Å². The van der Waals surface area contributed by atoms with E-state index in [1.165, 1.54) is 0 Å². The molecule has 8 heteroatoms. The summed E-state index contributed by atoms with van der Waals surface area (Å²) in [4.78, 5) is 18.1. The smallest absolute Gasteiger partial charge is 0.335 e. The molecule has 1 aliphatic rings. The number of carboxylic acids is 1. The van der Waals surface area contributed by atoms with Crippen LogP contribution in [0.1, 0.15) is 33.8 Å². The zero-order valence-electron chi connectivity index (χ0n) is 16.4. The number of ether oxygens (including phenoxy) is 1. The Morgan fingerprint density at radius 3 is 2.83 bits per heavy atom. The third-order valence-corrected chi connectivity index (χ3v) is 5.54. The lowest BCUT2D eigenvalue weighted by Crippen LogP contribution is -2.33. The maximum atomic E-state index is 11.4. The van der Waals surface area contributed by atoms with E-state index in [9.17, 15) is 9.90 Å². The quantitative estimate of drug-likeness (QED) is 0.566. The number of nitrogens with one attached hydrogen (secondary N) is 1. The largest absolute Gasteiger partial charge is 0.478 e. The Balaban J connectivity index is 1.79. The molecule has 154 valence electrons. The number of aromatic nitrogens is 2. The molecule has 0 bridgehead atoms. The number of hydrogen-bond donors (Lipinski definition) is 2. The molecule has 0 aliphatic carbocycles. The monoisotopic (exact) mass is 422 g/mol. The fourth-order valence-corrected chi connectivity index (χ4v) is 4.15. The molecule has 1 saturated heterocycles. The molecular weight excluding hydrogens is 400 g/mol. The number of rotatable bonds is 7. The summed E-state index contributed by atoms with van der Waals surface area (Å²) in [7, 11) is 1.66. The highest BCUT2D eigenvalue weighted by atomic mass is 32.1. The van der Waals surface area contributed by atoms with Crippen molar-refractivity contribution in [3.8, 4) is 5.69 Å². The van der Waals surface area contributed by atoms with E-state index in [2.05, 4.69) is 15.2 Å². The number of thiocarbonyl (C=S) groups is 1. The molecule has 0 saturated carbocycles. The number of carboxylic acid groups (broad SMARTS) is 1. The topological polar surface area (TPSA) is 79.6 Å². The molecule has 0 amide bonds. The van der Waals surface area contributed by atoms with Gasteiger partial charge in [-0.25, -0.2) is 4.79 Å². The highest BCUT2D eigenvalue weighted by Crippen LogP contribution is 2.39. The fraction of sp³-hybridized carbons (Fsp3) is 0.227. The van der Waals surface area contributed by atoms with Crippen molar-refractivity contribution < 1.29 is 14.6 Å². The van der Waals surface area contributed by atoms with E-state index in [0.717, 1.165) is 17.1 Å². The second kappa shape index (κ2) is 8.64. The molecule has 2 aromatic heterocycles. The molecule has 0 radical (unpaired) electrons. The average Bonchev–Trinajstić information content (AvgIpc) is 3.37. The lowest BCUT2D eigenvalue weighted by molar-refractivity contribution is 0.0697. The van der Waals surface area contributed by atoms with Crippen LogP contribution in [0.25, 0.3) is 5.69 Å². The van der Waals surface area contributed by atoms with E-state index in [4.69, 9.17) is 17.0 Å². The van der Waals surface area contributed by atoms with Gasteiger partial charge >= 0.3 is 5.97 Å². The van der Waals surface area contributed by atoms with Gasteiger partial charge in [0.1, 0.15) is 0 Å². The summed E-state index contributed by atoms with van der Waals surface area (Å²) < 4.78 is 7.30. The third kappa shape index (κ3) is 3.79. The SMILES string of the molecule is COCCN1C(=S)N[C@@H](c2ccccn2)[C@H]1c1cccn1-c1cccc(C(=O)O)c1. The fourth-order valence-electron chi connectivity index (χ4n) is 3.82. The van der Waals surface area contributed by atoms with E-state index < -0.39 is 5.97 Å². The normalized spacial score (nSPS) is 18.4. The van der Waals surface area contributed by atoms with E-state index in [-0.39, 0.29) is 17.6 Å². The number of hydrogen-bond acceptors (Lipinski definition) is 4. The first-order chi connectivity index (χ1) is 14.6. The summed E-state index contributed by atoms with van der Waals surface area (Å²) >= 11 is 5.64. The van der Waals surface area contributed by atoms with Gasteiger partial charge in [-0.2, -0.15) is 0 Å². The first-order valence-electron chi connectivity index (χ1n) is 9.58. The summed E-state index contributed by atoms with van der Waals surface area (Å²) in [5, 5.41) is 13.4. The van der Waals surface area contributed by atoms with E-state index in [1.54, 1.807) is 31.5 Å². The minimum Gasteiger partial charge on any atom is -0.478 e. The van der Waals surface area contributed by atoms with Gasteiger partial charge < -0.3 is 24.6 Å². The predicted molar refractivity (Wildman–Crippen MR) is 117 cm³/mol. The molecule has 30 heavy (non-hydrogen) atoms. The molecule has 2 N–H and O–H groups in total. The lowest BCUT2D eigenvalue weighted by Gasteiger charge is -2.28. The van der Waals surface area contributed by atoms with Crippen LogP contribution in [0.3, 0.4) is 0 Å². The third-order valence-electron chi connectivity index (χ3n) is 5.19. The van der Waals surface area contributed by atoms with Gasteiger partial charge in [-0.1, -0.05) is 12.1 Å². The summed E-state index contributed by atoms with van der Waals surface area (Å²) in [6.45, 7) is 1.15. The summed E-state index contributed by atoms with van der Waals surface area (Å²) in [6.07, 6.45) is 3.70. The molecule has 1 aliphatic heterocycles. The summed E-state index contributed by atoms with van der Waals surface area (Å²) in [6, 6.07) is 16.4. The molecule has 7 nitrogen and oxygen atoms in total. The van der Waals surface area contributed by atoms with Crippen LogP contribution < -0.4 is 5.32 Å². The van der Waals surface area contributed by atoms with Crippen LogP contribution in [0.15, 0.2) is 67.0 Å². The average molecular weight is 423 g/mol. The van der Waals surface area contributed by atoms with Gasteiger partial charge in [-0.05, 0) is 54.7 Å². The summed E-state index contributed by atoms with van der Waals surface area (Å²) in [5.74, 6) is -0.956. The minimum atomic E-state index is -0.956. The van der Waals surface area contributed by atoms with Crippen molar-refractivity contribution in [2.45, 2.75) is 12.1 Å². The van der Waals surface area contributed by atoms with Crippen LogP contribution >= 0.6 is 12.2 Å². The molecule has 0 spiro atoms. The molecule has 3 aromatic rings. The van der Waals surface area contributed by atoms with E-state index in [0.29, 0.717) is 18.3 Å². The maximum absolute atomic E-state index is 11.4. The van der Waals surface area contributed by atoms with Crippen LogP contribution in [0.2, 0.25) is 0 Å². The molecule has 4 rings (SSSR count). The van der Waals surface area contributed by atoms with Crippen molar-refractivity contribution in [2.75, 3.05) is 20.3 Å². The maximum Gasteiger partial charge on any atom is 0.335 e. The van der Waals surface area contributed by atoms with E-state index in [1.807, 2.05) is 47.2 Å². The Morgan fingerprint density at radius 1 is 1.23 bits per heavy atom. The van der Waals surface area contributed by atoms with Gasteiger partial charge in [0.25, 0.3) is 0 Å². The Kier molecular flexibility index (Phi) is 5.78. The Bertz CT molecular complexity index is 1050.